The number of fused-ring (bicyclic) bond motifs is 1. The van der Waals surface area contributed by atoms with Gasteiger partial charge in [0.1, 0.15) is 0 Å². The molecule has 2 rings (SSSR count). The van der Waals surface area contributed by atoms with E-state index in [9.17, 15) is 9.59 Å². The predicted molar refractivity (Wildman–Crippen MR) is 85.8 cm³/mol. The summed E-state index contributed by atoms with van der Waals surface area (Å²) in [7, 11) is 0. The number of carbonyl (C=O) groups excluding carboxylic acids is 2. The maximum absolute atomic E-state index is 12.1. The molecule has 1 aliphatic carbocycles. The van der Waals surface area contributed by atoms with Crippen molar-refractivity contribution in [3.05, 3.63) is 21.4 Å². The topological polar surface area (TPSA) is 58.2 Å². The van der Waals surface area contributed by atoms with Crippen molar-refractivity contribution in [1.29, 1.82) is 0 Å². The molecule has 21 heavy (non-hydrogen) atoms. The number of nitrogens with one attached hydrogen (secondary N) is 2. The average Bonchev–Trinajstić information content (AvgIpc) is 2.85. The summed E-state index contributed by atoms with van der Waals surface area (Å²) in [6.45, 7) is 2.71. The molecule has 5 heteroatoms. The van der Waals surface area contributed by atoms with Gasteiger partial charge in [0.05, 0.1) is 11.4 Å². The van der Waals surface area contributed by atoms with E-state index < -0.39 is 0 Å². The molecular weight excluding hydrogens is 284 g/mol. The van der Waals surface area contributed by atoms with E-state index in [0.29, 0.717) is 6.54 Å². The molecule has 0 aliphatic heterocycles. The second-order valence-electron chi connectivity index (χ2n) is 5.51. The van der Waals surface area contributed by atoms with Gasteiger partial charge in [0.15, 0.2) is 0 Å². The van der Waals surface area contributed by atoms with Crippen molar-refractivity contribution in [2.45, 2.75) is 51.9 Å². The summed E-state index contributed by atoms with van der Waals surface area (Å²) in [6.07, 6.45) is 8.07. The van der Waals surface area contributed by atoms with E-state index in [2.05, 4.69) is 10.6 Å². The molecule has 0 unspecified atom stereocenters. The van der Waals surface area contributed by atoms with Crippen LogP contribution in [0.15, 0.2) is 6.07 Å². The fourth-order valence-electron chi connectivity index (χ4n) is 2.53. The van der Waals surface area contributed by atoms with Crippen molar-refractivity contribution in [1.82, 2.24) is 10.6 Å². The van der Waals surface area contributed by atoms with Crippen molar-refractivity contribution in [3.8, 4) is 0 Å². The second-order valence-corrected chi connectivity index (χ2v) is 6.64. The Kier molecular flexibility index (Phi) is 6.23. The molecule has 0 spiro atoms. The van der Waals surface area contributed by atoms with Crippen LogP contribution >= 0.6 is 11.3 Å². The predicted octanol–water partition coefficient (Wildman–Crippen LogP) is 2.66. The maximum Gasteiger partial charge on any atom is 0.261 e. The van der Waals surface area contributed by atoms with E-state index >= 15 is 0 Å². The van der Waals surface area contributed by atoms with Crippen LogP contribution in [-0.2, 0) is 17.6 Å². The minimum atomic E-state index is -0.126. The third kappa shape index (κ3) is 4.84. The standard InChI is InChI=1S/C16H24N2O2S/c1-2-9-17-15(19)11-18-16(20)14-10-12-7-5-3-4-6-8-13(12)21-14/h10H,2-9,11H2,1H3,(H,17,19)(H,18,20). The molecule has 0 aromatic carbocycles. The van der Waals surface area contributed by atoms with E-state index in [1.54, 1.807) is 11.3 Å². The van der Waals surface area contributed by atoms with Crippen molar-refractivity contribution in [3.63, 3.8) is 0 Å². The van der Waals surface area contributed by atoms with E-state index in [-0.39, 0.29) is 18.4 Å². The summed E-state index contributed by atoms with van der Waals surface area (Å²) in [5, 5.41) is 5.46. The summed E-state index contributed by atoms with van der Waals surface area (Å²) < 4.78 is 0. The zero-order chi connectivity index (χ0) is 15.1. The van der Waals surface area contributed by atoms with Gasteiger partial charge in [0, 0.05) is 11.4 Å². The van der Waals surface area contributed by atoms with Crippen LogP contribution in [0.2, 0.25) is 0 Å². The number of rotatable bonds is 5. The lowest BCUT2D eigenvalue weighted by molar-refractivity contribution is -0.120. The van der Waals surface area contributed by atoms with Crippen LogP contribution in [0, 0.1) is 0 Å². The first-order valence-corrected chi connectivity index (χ1v) is 8.69. The highest BCUT2D eigenvalue weighted by Gasteiger charge is 2.16. The van der Waals surface area contributed by atoms with Gasteiger partial charge < -0.3 is 10.6 Å². The molecule has 116 valence electrons. The van der Waals surface area contributed by atoms with Crippen LogP contribution in [0.3, 0.4) is 0 Å². The van der Waals surface area contributed by atoms with Crippen molar-refractivity contribution in [2.24, 2.45) is 0 Å². The maximum atomic E-state index is 12.1. The van der Waals surface area contributed by atoms with Crippen molar-refractivity contribution >= 4 is 23.2 Å². The lowest BCUT2D eigenvalue weighted by Gasteiger charge is -2.07. The molecule has 2 amide bonds. The molecule has 0 bridgehead atoms. The van der Waals surface area contributed by atoms with Gasteiger partial charge >= 0.3 is 0 Å². The highest BCUT2D eigenvalue weighted by molar-refractivity contribution is 7.14. The summed E-state index contributed by atoms with van der Waals surface area (Å²) in [5.74, 6) is -0.251. The van der Waals surface area contributed by atoms with Crippen molar-refractivity contribution in [2.75, 3.05) is 13.1 Å². The minimum absolute atomic E-state index is 0.0569. The Morgan fingerprint density at radius 1 is 1.14 bits per heavy atom. The molecule has 2 N–H and O–H groups in total. The van der Waals surface area contributed by atoms with Crippen LogP contribution in [0.1, 0.15) is 59.1 Å². The zero-order valence-corrected chi connectivity index (χ0v) is 13.5. The van der Waals surface area contributed by atoms with Crippen LogP contribution < -0.4 is 10.6 Å². The fourth-order valence-corrected chi connectivity index (χ4v) is 3.70. The van der Waals surface area contributed by atoms with Crippen molar-refractivity contribution < 1.29 is 9.59 Å². The molecule has 1 aliphatic rings. The van der Waals surface area contributed by atoms with Gasteiger partial charge in [-0.3, -0.25) is 9.59 Å². The molecule has 0 fully saturated rings. The molecule has 0 radical (unpaired) electrons. The summed E-state index contributed by atoms with van der Waals surface area (Å²) in [4.78, 5) is 25.7. The number of hydrogen-bond acceptors (Lipinski definition) is 3. The molecule has 1 aromatic rings. The van der Waals surface area contributed by atoms with E-state index in [1.807, 2.05) is 13.0 Å². The average molecular weight is 308 g/mol. The first kappa shape index (κ1) is 16.0. The number of thiophene rings is 1. The Labute approximate surface area is 130 Å². The molecule has 1 heterocycles. The number of aryl methyl sites for hydroxylation is 2. The van der Waals surface area contributed by atoms with Crippen LogP contribution in [0.25, 0.3) is 0 Å². The number of amides is 2. The summed E-state index contributed by atoms with van der Waals surface area (Å²) >= 11 is 1.59. The Morgan fingerprint density at radius 3 is 2.67 bits per heavy atom. The zero-order valence-electron chi connectivity index (χ0n) is 12.7. The van der Waals surface area contributed by atoms with E-state index in [0.717, 1.165) is 24.1 Å². The first-order valence-electron chi connectivity index (χ1n) is 7.87. The minimum Gasteiger partial charge on any atom is -0.355 e. The van der Waals surface area contributed by atoms with Crippen LogP contribution in [-0.4, -0.2) is 24.9 Å². The second kappa shape index (κ2) is 8.17. The Hall–Kier alpha value is -1.36. The quantitative estimate of drug-likeness (QED) is 0.878. The third-order valence-electron chi connectivity index (χ3n) is 3.70. The van der Waals surface area contributed by atoms with Gasteiger partial charge in [0.2, 0.25) is 5.91 Å². The lowest BCUT2D eigenvalue weighted by Crippen LogP contribution is -2.36. The van der Waals surface area contributed by atoms with E-state index in [4.69, 9.17) is 0 Å². The largest absolute Gasteiger partial charge is 0.355 e. The van der Waals surface area contributed by atoms with E-state index in [1.165, 1.54) is 36.1 Å². The third-order valence-corrected chi connectivity index (χ3v) is 4.94. The summed E-state index contributed by atoms with van der Waals surface area (Å²) in [5.41, 5.74) is 1.33. The highest BCUT2D eigenvalue weighted by atomic mass is 32.1. The normalized spacial score (nSPS) is 14.7. The van der Waals surface area contributed by atoms with Gasteiger partial charge in [0.25, 0.3) is 5.91 Å². The smallest absolute Gasteiger partial charge is 0.261 e. The number of carbonyl (C=O) groups is 2. The van der Waals surface area contributed by atoms with Crippen LogP contribution in [0.5, 0.6) is 0 Å². The Morgan fingerprint density at radius 2 is 1.90 bits per heavy atom. The first-order chi connectivity index (χ1) is 10.2. The fraction of sp³-hybridized carbons (Fsp3) is 0.625. The molecule has 4 nitrogen and oxygen atoms in total. The van der Waals surface area contributed by atoms with Crippen LogP contribution in [0.4, 0.5) is 0 Å². The highest BCUT2D eigenvalue weighted by Crippen LogP contribution is 2.28. The Bertz CT molecular complexity index is 471. The lowest BCUT2D eigenvalue weighted by atomic mass is 10.00. The van der Waals surface area contributed by atoms with Gasteiger partial charge in [-0.1, -0.05) is 19.8 Å². The van der Waals surface area contributed by atoms with Gasteiger partial charge in [-0.25, -0.2) is 0 Å². The molecule has 0 saturated carbocycles. The molecular formula is C16H24N2O2S. The van der Waals surface area contributed by atoms with Gasteiger partial charge in [-0.05, 0) is 43.7 Å². The molecule has 0 saturated heterocycles. The SMILES string of the molecule is CCCNC(=O)CNC(=O)c1cc2c(s1)CCCCCC2. The van der Waals surface area contributed by atoms with Gasteiger partial charge in [-0.15, -0.1) is 11.3 Å². The molecule has 0 atom stereocenters. The van der Waals surface area contributed by atoms with Gasteiger partial charge in [-0.2, -0.15) is 0 Å². The monoisotopic (exact) mass is 308 g/mol. The number of hydrogen-bond donors (Lipinski definition) is 2. The molecule has 1 aromatic heterocycles. The summed E-state index contributed by atoms with van der Waals surface area (Å²) in [6, 6.07) is 2.02. The Balaban J connectivity index is 1.90.